The highest BCUT2D eigenvalue weighted by Crippen LogP contribution is 2.26. The molecule has 25 heavy (non-hydrogen) atoms. The normalized spacial score (nSPS) is 15.0. The van der Waals surface area contributed by atoms with E-state index in [2.05, 4.69) is 5.16 Å². The summed E-state index contributed by atoms with van der Waals surface area (Å²) in [5.41, 5.74) is 1.82. The minimum atomic E-state index is -0.584. The molecule has 7 nitrogen and oxygen atoms in total. The van der Waals surface area contributed by atoms with Crippen LogP contribution in [0.1, 0.15) is 18.1 Å². The van der Waals surface area contributed by atoms with E-state index in [1.807, 2.05) is 25.1 Å². The van der Waals surface area contributed by atoms with Crippen LogP contribution in [-0.4, -0.2) is 23.2 Å². The van der Waals surface area contributed by atoms with Crippen molar-refractivity contribution in [2.24, 2.45) is 5.16 Å². The topological polar surface area (TPSA) is 91.0 Å². The van der Waals surface area contributed by atoms with Crippen LogP contribution in [0.2, 0.25) is 0 Å². The van der Waals surface area contributed by atoms with Crippen LogP contribution in [0.5, 0.6) is 5.75 Å². The van der Waals surface area contributed by atoms with Crippen LogP contribution in [0.15, 0.2) is 59.3 Å². The number of nitro groups is 1. The van der Waals surface area contributed by atoms with E-state index in [9.17, 15) is 14.9 Å². The smallest absolute Gasteiger partial charge is 0.368 e. The van der Waals surface area contributed by atoms with Crippen LogP contribution >= 0.6 is 0 Å². The summed E-state index contributed by atoms with van der Waals surface area (Å²) in [6.07, 6.45) is 1.64. The minimum Gasteiger partial charge on any atom is -0.493 e. The Kier molecular flexibility index (Phi) is 4.56. The number of carbonyl (C=O) groups excluding carboxylic acids is 1. The van der Waals surface area contributed by atoms with Gasteiger partial charge in [-0.15, -0.1) is 0 Å². The number of nitrogens with zero attached hydrogens (tertiary/aromatic N) is 2. The lowest BCUT2D eigenvalue weighted by atomic mass is 10.00. The summed E-state index contributed by atoms with van der Waals surface area (Å²) >= 11 is 0. The molecule has 0 unspecified atom stereocenters. The van der Waals surface area contributed by atoms with Gasteiger partial charge in [0.25, 0.3) is 5.69 Å². The Balaban J connectivity index is 1.99. The number of rotatable bonds is 5. The lowest BCUT2D eigenvalue weighted by Gasteiger charge is -2.07. The summed E-state index contributed by atoms with van der Waals surface area (Å²) in [7, 11) is 0. The zero-order valence-electron chi connectivity index (χ0n) is 13.3. The van der Waals surface area contributed by atoms with E-state index in [4.69, 9.17) is 9.57 Å². The van der Waals surface area contributed by atoms with Gasteiger partial charge < -0.3 is 9.57 Å². The summed E-state index contributed by atoms with van der Waals surface area (Å²) in [5.74, 6) is 0.0555. The van der Waals surface area contributed by atoms with Gasteiger partial charge in [0.05, 0.1) is 17.1 Å². The molecule has 0 radical (unpaired) electrons. The molecular formula is C18H14N2O5. The van der Waals surface area contributed by atoms with Crippen molar-refractivity contribution in [2.75, 3.05) is 6.61 Å². The fourth-order valence-corrected chi connectivity index (χ4v) is 2.40. The molecular weight excluding hydrogens is 324 g/mol. The number of benzene rings is 2. The monoisotopic (exact) mass is 338 g/mol. The molecule has 0 saturated heterocycles. The second-order valence-corrected chi connectivity index (χ2v) is 5.15. The molecule has 0 spiro atoms. The second-order valence-electron chi connectivity index (χ2n) is 5.15. The quantitative estimate of drug-likeness (QED) is 0.361. The molecule has 1 aliphatic rings. The number of hydrogen-bond acceptors (Lipinski definition) is 6. The van der Waals surface area contributed by atoms with E-state index >= 15 is 0 Å². The summed E-state index contributed by atoms with van der Waals surface area (Å²) in [4.78, 5) is 27.1. The summed E-state index contributed by atoms with van der Waals surface area (Å²) in [5, 5.41) is 14.6. The zero-order chi connectivity index (χ0) is 17.8. The Hall–Kier alpha value is -3.48. The predicted molar refractivity (Wildman–Crippen MR) is 91.3 cm³/mol. The summed E-state index contributed by atoms with van der Waals surface area (Å²) < 4.78 is 5.55. The number of non-ortho nitro benzene ring substituents is 1. The van der Waals surface area contributed by atoms with Crippen LogP contribution < -0.4 is 4.74 Å². The maximum Gasteiger partial charge on any atom is 0.368 e. The Morgan fingerprint density at radius 1 is 1.20 bits per heavy atom. The first-order valence-corrected chi connectivity index (χ1v) is 7.58. The fraction of sp³-hybridized carbons (Fsp3) is 0.111. The van der Waals surface area contributed by atoms with Crippen LogP contribution in [0.25, 0.3) is 6.08 Å². The molecule has 126 valence electrons. The second kappa shape index (κ2) is 6.96. The summed E-state index contributed by atoms with van der Waals surface area (Å²) in [6.45, 7) is 2.37. The molecule has 0 amide bonds. The number of carbonyl (C=O) groups is 1. The van der Waals surface area contributed by atoms with E-state index in [1.54, 1.807) is 12.1 Å². The first kappa shape index (κ1) is 16.4. The van der Waals surface area contributed by atoms with Gasteiger partial charge in [0, 0.05) is 23.3 Å². The molecule has 3 rings (SSSR count). The third-order valence-corrected chi connectivity index (χ3v) is 3.57. The molecule has 0 fully saturated rings. The van der Waals surface area contributed by atoms with E-state index < -0.39 is 10.9 Å². The molecule has 0 saturated carbocycles. The van der Waals surface area contributed by atoms with Crippen LogP contribution in [0.4, 0.5) is 5.69 Å². The third kappa shape index (κ3) is 3.40. The van der Waals surface area contributed by atoms with E-state index in [0.29, 0.717) is 29.2 Å². The van der Waals surface area contributed by atoms with Gasteiger partial charge in [0.1, 0.15) is 11.5 Å². The highest BCUT2D eigenvalue weighted by atomic mass is 16.7. The van der Waals surface area contributed by atoms with Gasteiger partial charge in [-0.1, -0.05) is 23.4 Å². The molecule has 0 aromatic heterocycles. The molecule has 2 aromatic carbocycles. The maximum atomic E-state index is 12.1. The molecule has 0 bridgehead atoms. The lowest BCUT2D eigenvalue weighted by Crippen LogP contribution is -2.07. The van der Waals surface area contributed by atoms with Crippen molar-refractivity contribution in [2.45, 2.75) is 6.92 Å². The van der Waals surface area contributed by atoms with Gasteiger partial charge in [-0.25, -0.2) is 4.79 Å². The SMILES string of the molecule is CCOc1ccccc1/C=C1\C(=O)ON=C1c1ccc([N+](=O)[O-])cc1. The zero-order valence-corrected chi connectivity index (χ0v) is 13.3. The van der Waals surface area contributed by atoms with Crippen molar-refractivity contribution in [3.63, 3.8) is 0 Å². The van der Waals surface area contributed by atoms with Crippen molar-refractivity contribution in [1.29, 1.82) is 0 Å². The minimum absolute atomic E-state index is 0.0400. The van der Waals surface area contributed by atoms with Gasteiger partial charge in [-0.05, 0) is 31.2 Å². The van der Waals surface area contributed by atoms with Crippen molar-refractivity contribution in [3.8, 4) is 5.75 Å². The highest BCUT2D eigenvalue weighted by molar-refractivity contribution is 6.31. The Bertz CT molecular complexity index is 885. The predicted octanol–water partition coefficient (Wildman–Crippen LogP) is 3.34. The lowest BCUT2D eigenvalue weighted by molar-refractivity contribution is -0.384. The Morgan fingerprint density at radius 3 is 2.60 bits per heavy atom. The van der Waals surface area contributed by atoms with Crippen molar-refractivity contribution in [3.05, 3.63) is 75.3 Å². The van der Waals surface area contributed by atoms with Gasteiger partial charge >= 0.3 is 5.97 Å². The largest absolute Gasteiger partial charge is 0.493 e. The standard InChI is InChI=1S/C18H14N2O5/c1-2-24-16-6-4-3-5-13(16)11-15-17(19-25-18(15)21)12-7-9-14(10-8-12)20(22)23/h3-11H,2H2,1H3/b15-11-. The average molecular weight is 338 g/mol. The molecule has 7 heteroatoms. The Labute approximate surface area is 143 Å². The number of ether oxygens (including phenoxy) is 1. The third-order valence-electron chi connectivity index (χ3n) is 3.57. The first-order chi connectivity index (χ1) is 12.1. The first-order valence-electron chi connectivity index (χ1n) is 7.58. The average Bonchev–Trinajstić information content (AvgIpc) is 2.98. The van der Waals surface area contributed by atoms with Crippen molar-refractivity contribution < 1.29 is 19.3 Å². The van der Waals surface area contributed by atoms with Gasteiger partial charge in [0.2, 0.25) is 0 Å². The van der Waals surface area contributed by atoms with Gasteiger partial charge in [-0.3, -0.25) is 10.1 Å². The molecule has 0 atom stereocenters. The molecule has 0 N–H and O–H groups in total. The Morgan fingerprint density at radius 2 is 1.92 bits per heavy atom. The van der Waals surface area contributed by atoms with Gasteiger partial charge in [-0.2, -0.15) is 0 Å². The van der Waals surface area contributed by atoms with Crippen LogP contribution in [-0.2, 0) is 9.63 Å². The van der Waals surface area contributed by atoms with Crippen LogP contribution in [0, 0.1) is 10.1 Å². The van der Waals surface area contributed by atoms with Crippen LogP contribution in [0.3, 0.4) is 0 Å². The highest BCUT2D eigenvalue weighted by Gasteiger charge is 2.27. The van der Waals surface area contributed by atoms with Crippen molar-refractivity contribution >= 4 is 23.4 Å². The molecule has 1 heterocycles. The van der Waals surface area contributed by atoms with E-state index in [0.717, 1.165) is 0 Å². The number of hydrogen-bond donors (Lipinski definition) is 0. The maximum absolute atomic E-state index is 12.1. The van der Waals surface area contributed by atoms with Crippen molar-refractivity contribution in [1.82, 2.24) is 0 Å². The number of oxime groups is 1. The number of nitro benzene ring substituents is 1. The molecule has 2 aromatic rings. The fourth-order valence-electron chi connectivity index (χ4n) is 2.40. The summed E-state index contributed by atoms with van der Waals surface area (Å²) in [6, 6.07) is 13.1. The molecule has 1 aliphatic heterocycles. The number of para-hydroxylation sites is 1. The molecule has 0 aliphatic carbocycles. The van der Waals surface area contributed by atoms with E-state index in [1.165, 1.54) is 24.3 Å². The van der Waals surface area contributed by atoms with E-state index in [-0.39, 0.29) is 11.3 Å². The van der Waals surface area contributed by atoms with Gasteiger partial charge in [0.15, 0.2) is 0 Å².